The summed E-state index contributed by atoms with van der Waals surface area (Å²) in [6, 6.07) is 7.02. The van der Waals surface area contributed by atoms with Crippen LogP contribution in [0.4, 0.5) is 0 Å². The van der Waals surface area contributed by atoms with Crippen molar-refractivity contribution in [3.8, 4) is 0 Å². The Morgan fingerprint density at radius 3 is 2.67 bits per heavy atom. The Hall–Kier alpha value is -1.86. The van der Waals surface area contributed by atoms with Crippen molar-refractivity contribution in [3.05, 3.63) is 36.1 Å². The van der Waals surface area contributed by atoms with Crippen molar-refractivity contribution in [1.82, 2.24) is 9.84 Å². The maximum absolute atomic E-state index is 11.9. The number of sulfonamides is 1. The third-order valence-electron chi connectivity index (χ3n) is 2.48. The van der Waals surface area contributed by atoms with E-state index < -0.39 is 15.9 Å². The molecule has 7 heteroatoms. The maximum atomic E-state index is 11.9. The second-order valence-corrected chi connectivity index (χ2v) is 5.83. The van der Waals surface area contributed by atoms with Gasteiger partial charge in [0.25, 0.3) is 5.91 Å². The second-order valence-electron chi connectivity index (χ2n) is 3.82. The van der Waals surface area contributed by atoms with Crippen molar-refractivity contribution < 1.29 is 17.6 Å². The van der Waals surface area contributed by atoms with Crippen LogP contribution in [0.25, 0.3) is 11.0 Å². The first kappa shape index (κ1) is 12.6. The Morgan fingerprint density at radius 1 is 1.33 bits per heavy atom. The van der Waals surface area contributed by atoms with Crippen LogP contribution in [-0.2, 0) is 10.0 Å². The molecule has 96 valence electrons. The lowest BCUT2D eigenvalue weighted by atomic mass is 10.2. The molecule has 1 heterocycles. The number of hydrogen-bond acceptors (Lipinski definition) is 4. The topological polar surface area (TPSA) is 79.6 Å². The van der Waals surface area contributed by atoms with Gasteiger partial charge in [-0.3, -0.25) is 10.2 Å². The summed E-state index contributed by atoms with van der Waals surface area (Å²) in [4.78, 5) is 11.9. The molecule has 0 spiro atoms. The van der Waals surface area contributed by atoms with E-state index in [1.807, 2.05) is 0 Å². The average molecular weight is 268 g/mol. The lowest BCUT2D eigenvalue weighted by molar-refractivity contribution is 0.0895. The fourth-order valence-electron chi connectivity index (χ4n) is 1.44. The summed E-state index contributed by atoms with van der Waals surface area (Å²) in [5.74, 6) is -0.534. The first-order valence-electron chi connectivity index (χ1n) is 5.10. The number of amides is 1. The van der Waals surface area contributed by atoms with Gasteiger partial charge < -0.3 is 4.42 Å². The Morgan fingerprint density at radius 2 is 2.00 bits per heavy atom. The van der Waals surface area contributed by atoms with E-state index in [4.69, 9.17) is 4.42 Å². The first-order valence-corrected chi connectivity index (χ1v) is 6.95. The monoisotopic (exact) mass is 268 g/mol. The van der Waals surface area contributed by atoms with Gasteiger partial charge in [0.2, 0.25) is 10.0 Å². The summed E-state index contributed by atoms with van der Waals surface area (Å²) in [5.41, 5.74) is 3.13. The molecular formula is C11H12N2O4S. The summed E-state index contributed by atoms with van der Waals surface area (Å²) in [7, 11) is -2.21. The zero-order valence-corrected chi connectivity index (χ0v) is 10.7. The third kappa shape index (κ3) is 2.36. The van der Waals surface area contributed by atoms with Gasteiger partial charge in [-0.15, -0.1) is 4.41 Å². The van der Waals surface area contributed by atoms with Crippen LogP contribution in [0.2, 0.25) is 0 Å². The molecule has 0 radical (unpaired) electrons. The Balaban J connectivity index is 2.30. The standard InChI is InChI=1S/C11H12N2O4S/c1-13(18(2,15)16)12-11(14)9-7-17-10-6-4-3-5-8(9)10/h3-7H,1-2H3,(H,12,14). The molecular weight excluding hydrogens is 256 g/mol. The van der Waals surface area contributed by atoms with E-state index in [1.54, 1.807) is 24.3 Å². The summed E-state index contributed by atoms with van der Waals surface area (Å²) in [6.07, 6.45) is 2.30. The number of fused-ring (bicyclic) bond motifs is 1. The number of carbonyl (C=O) groups is 1. The fourth-order valence-corrected chi connectivity index (χ4v) is 1.69. The summed E-state index contributed by atoms with van der Waals surface area (Å²) in [5, 5.41) is 0.636. The predicted molar refractivity (Wildman–Crippen MR) is 66.3 cm³/mol. The smallest absolute Gasteiger partial charge is 0.270 e. The number of benzene rings is 1. The largest absolute Gasteiger partial charge is 0.463 e. The molecule has 0 saturated carbocycles. The minimum Gasteiger partial charge on any atom is -0.463 e. The Labute approximate surface area is 104 Å². The van der Waals surface area contributed by atoms with Crippen molar-refractivity contribution in [2.24, 2.45) is 0 Å². The molecule has 2 rings (SSSR count). The second kappa shape index (κ2) is 4.43. The number of hydrogen-bond donors (Lipinski definition) is 1. The molecule has 0 aliphatic heterocycles. The summed E-state index contributed by atoms with van der Waals surface area (Å²) in [6.45, 7) is 0. The molecule has 0 saturated heterocycles. The van der Waals surface area contributed by atoms with Gasteiger partial charge in [0.05, 0.1) is 11.8 Å². The molecule has 0 bridgehead atoms. The van der Waals surface area contributed by atoms with Crippen LogP contribution >= 0.6 is 0 Å². The highest BCUT2D eigenvalue weighted by Crippen LogP contribution is 2.20. The van der Waals surface area contributed by atoms with E-state index >= 15 is 0 Å². The summed E-state index contributed by atoms with van der Waals surface area (Å²) < 4.78 is 28.3. The molecule has 18 heavy (non-hydrogen) atoms. The lowest BCUT2D eigenvalue weighted by Crippen LogP contribution is -2.42. The van der Waals surface area contributed by atoms with Crippen molar-refractivity contribution in [2.75, 3.05) is 13.3 Å². The third-order valence-corrected chi connectivity index (χ3v) is 3.57. The van der Waals surface area contributed by atoms with Crippen LogP contribution in [-0.4, -0.2) is 32.0 Å². The molecule has 2 aromatic rings. The fraction of sp³-hybridized carbons (Fsp3) is 0.182. The van der Waals surface area contributed by atoms with Crippen LogP contribution < -0.4 is 5.43 Å². The van der Waals surface area contributed by atoms with E-state index in [-0.39, 0.29) is 0 Å². The van der Waals surface area contributed by atoms with Crippen LogP contribution in [0.1, 0.15) is 10.4 Å². The lowest BCUT2D eigenvalue weighted by Gasteiger charge is -2.14. The highest BCUT2D eigenvalue weighted by atomic mass is 32.2. The summed E-state index contributed by atoms with van der Waals surface area (Å²) >= 11 is 0. The van der Waals surface area contributed by atoms with E-state index in [9.17, 15) is 13.2 Å². The number of rotatable bonds is 3. The van der Waals surface area contributed by atoms with Crippen LogP contribution in [0.3, 0.4) is 0 Å². The SMILES string of the molecule is CN(NC(=O)c1coc2ccccc12)S(C)(=O)=O. The molecule has 0 atom stereocenters. The van der Waals surface area contributed by atoms with Gasteiger partial charge in [0.1, 0.15) is 11.8 Å². The van der Waals surface area contributed by atoms with Gasteiger partial charge >= 0.3 is 0 Å². The van der Waals surface area contributed by atoms with Crippen molar-refractivity contribution in [1.29, 1.82) is 0 Å². The van der Waals surface area contributed by atoms with Crippen LogP contribution in [0, 0.1) is 0 Å². The van der Waals surface area contributed by atoms with Crippen molar-refractivity contribution in [3.63, 3.8) is 0 Å². The molecule has 0 aliphatic rings. The minimum absolute atomic E-state index is 0.293. The zero-order valence-electron chi connectivity index (χ0n) is 9.88. The molecule has 1 aromatic heterocycles. The van der Waals surface area contributed by atoms with Crippen LogP contribution in [0.15, 0.2) is 34.9 Å². The number of para-hydroxylation sites is 1. The number of nitrogens with one attached hydrogen (secondary N) is 1. The number of carbonyl (C=O) groups excluding carboxylic acids is 1. The highest BCUT2D eigenvalue weighted by molar-refractivity contribution is 7.88. The molecule has 1 amide bonds. The number of furan rings is 1. The van der Waals surface area contributed by atoms with Gasteiger partial charge in [0, 0.05) is 12.4 Å². The van der Waals surface area contributed by atoms with E-state index in [0.29, 0.717) is 16.5 Å². The van der Waals surface area contributed by atoms with Crippen LogP contribution in [0.5, 0.6) is 0 Å². The highest BCUT2D eigenvalue weighted by Gasteiger charge is 2.18. The maximum Gasteiger partial charge on any atom is 0.270 e. The van der Waals surface area contributed by atoms with Gasteiger partial charge in [-0.1, -0.05) is 18.2 Å². The van der Waals surface area contributed by atoms with Gasteiger partial charge in [-0.05, 0) is 6.07 Å². The Bertz CT molecular complexity index is 690. The molecule has 0 unspecified atom stereocenters. The van der Waals surface area contributed by atoms with E-state index in [1.165, 1.54) is 13.3 Å². The molecule has 1 aromatic carbocycles. The van der Waals surface area contributed by atoms with E-state index in [0.717, 1.165) is 10.7 Å². The van der Waals surface area contributed by atoms with Gasteiger partial charge in [-0.2, -0.15) is 0 Å². The van der Waals surface area contributed by atoms with Gasteiger partial charge in [-0.25, -0.2) is 8.42 Å². The molecule has 0 aliphatic carbocycles. The zero-order chi connectivity index (χ0) is 13.3. The van der Waals surface area contributed by atoms with E-state index in [2.05, 4.69) is 5.43 Å². The first-order chi connectivity index (χ1) is 8.39. The Kier molecular flexibility index (Phi) is 3.10. The predicted octanol–water partition coefficient (Wildman–Crippen LogP) is 0.969. The van der Waals surface area contributed by atoms with Crippen molar-refractivity contribution in [2.45, 2.75) is 0 Å². The van der Waals surface area contributed by atoms with Crippen molar-refractivity contribution >= 4 is 26.9 Å². The molecule has 6 nitrogen and oxygen atoms in total. The number of hydrazine groups is 1. The van der Waals surface area contributed by atoms with Gasteiger partial charge in [0.15, 0.2) is 0 Å². The minimum atomic E-state index is -3.47. The molecule has 1 N–H and O–H groups in total. The molecule has 0 fully saturated rings. The average Bonchev–Trinajstić information content (AvgIpc) is 2.71. The normalized spacial score (nSPS) is 11.9. The quantitative estimate of drug-likeness (QED) is 0.841. The number of nitrogens with zero attached hydrogens (tertiary/aromatic N) is 1.